The summed E-state index contributed by atoms with van der Waals surface area (Å²) < 4.78 is 5.61. The summed E-state index contributed by atoms with van der Waals surface area (Å²) in [5.41, 5.74) is 3.54. The van der Waals surface area contributed by atoms with E-state index in [0.29, 0.717) is 5.56 Å². The Labute approximate surface area is 191 Å². The summed E-state index contributed by atoms with van der Waals surface area (Å²) in [6, 6.07) is 11.5. The summed E-state index contributed by atoms with van der Waals surface area (Å²) in [5.74, 6) is -1.68. The first kappa shape index (κ1) is 22.4. The molecule has 170 valence electrons. The van der Waals surface area contributed by atoms with Gasteiger partial charge in [0.25, 0.3) is 0 Å². The van der Waals surface area contributed by atoms with Crippen molar-refractivity contribution < 1.29 is 29.6 Å². The Morgan fingerprint density at radius 2 is 1.52 bits per heavy atom. The number of aliphatic hydroxyl groups excluding tert-OH is 1. The zero-order valence-corrected chi connectivity index (χ0v) is 18.6. The van der Waals surface area contributed by atoms with Crippen molar-refractivity contribution >= 4 is 17.3 Å². The van der Waals surface area contributed by atoms with Crippen LogP contribution in [0.2, 0.25) is 0 Å². The van der Waals surface area contributed by atoms with Crippen molar-refractivity contribution in [1.82, 2.24) is 0 Å². The highest BCUT2D eigenvalue weighted by Crippen LogP contribution is 2.39. The molecule has 0 bridgehead atoms. The third-order valence-corrected chi connectivity index (χ3v) is 5.65. The van der Waals surface area contributed by atoms with Gasteiger partial charge in [-0.3, -0.25) is 9.59 Å². The first-order chi connectivity index (χ1) is 15.7. The summed E-state index contributed by atoms with van der Waals surface area (Å²) in [6.45, 7) is 5.84. The molecule has 1 atom stereocenters. The van der Waals surface area contributed by atoms with Crippen molar-refractivity contribution in [3.8, 4) is 17.2 Å². The standard InChI is InChI=1S/C26H25NO6/c1-13-4-5-20(15(3)6-13)27-11-16(28)12-33-17-9-19-24(22(30)10-17)26(32)23-18(25(19)31)7-14(2)8-21(23)29/h4-10,16,27-30H,11-12H2,1-3H3/t16-/m0/s1. The maximum absolute atomic E-state index is 13.0. The number of hydrogen-bond acceptors (Lipinski definition) is 7. The van der Waals surface area contributed by atoms with Gasteiger partial charge in [0.1, 0.15) is 30.0 Å². The number of aromatic hydroxyl groups is 2. The highest BCUT2D eigenvalue weighted by Gasteiger charge is 2.35. The number of fused-ring (bicyclic) bond motifs is 2. The fourth-order valence-electron chi connectivity index (χ4n) is 4.05. The van der Waals surface area contributed by atoms with Gasteiger partial charge in [0.05, 0.1) is 11.1 Å². The largest absolute Gasteiger partial charge is 0.507 e. The Kier molecular flexibility index (Phi) is 5.82. The second kappa shape index (κ2) is 8.60. The van der Waals surface area contributed by atoms with E-state index in [9.17, 15) is 24.9 Å². The topological polar surface area (TPSA) is 116 Å². The highest BCUT2D eigenvalue weighted by molar-refractivity contribution is 6.30. The molecule has 4 N–H and O–H groups in total. The first-order valence-corrected chi connectivity index (χ1v) is 10.6. The van der Waals surface area contributed by atoms with Crippen molar-refractivity contribution in [2.45, 2.75) is 26.9 Å². The number of rotatable bonds is 6. The molecule has 3 aromatic carbocycles. The lowest BCUT2D eigenvalue weighted by molar-refractivity contribution is 0.0972. The van der Waals surface area contributed by atoms with Gasteiger partial charge < -0.3 is 25.4 Å². The van der Waals surface area contributed by atoms with Crippen LogP contribution in [0.1, 0.15) is 48.5 Å². The van der Waals surface area contributed by atoms with E-state index < -0.39 is 23.4 Å². The summed E-state index contributed by atoms with van der Waals surface area (Å²) in [7, 11) is 0. The molecule has 4 rings (SSSR count). The molecule has 0 heterocycles. The number of carbonyl (C=O) groups excluding carboxylic acids is 2. The summed E-state index contributed by atoms with van der Waals surface area (Å²) >= 11 is 0. The normalized spacial score (nSPS) is 13.3. The molecule has 0 spiro atoms. The third kappa shape index (κ3) is 4.27. The van der Waals surface area contributed by atoms with Gasteiger partial charge >= 0.3 is 0 Å². The summed E-state index contributed by atoms with van der Waals surface area (Å²) in [6.07, 6.45) is -0.860. The number of phenolic OH excluding ortho intramolecular Hbond substituents is 2. The Morgan fingerprint density at radius 1 is 0.848 bits per heavy atom. The van der Waals surface area contributed by atoms with Crippen LogP contribution < -0.4 is 10.1 Å². The third-order valence-electron chi connectivity index (χ3n) is 5.65. The van der Waals surface area contributed by atoms with Gasteiger partial charge in [-0.05, 0) is 56.2 Å². The lowest BCUT2D eigenvalue weighted by Gasteiger charge is -2.21. The van der Waals surface area contributed by atoms with E-state index >= 15 is 0 Å². The van der Waals surface area contributed by atoms with Crippen LogP contribution in [0.3, 0.4) is 0 Å². The molecular weight excluding hydrogens is 422 g/mol. The molecule has 7 nitrogen and oxygen atoms in total. The molecule has 0 amide bonds. The molecule has 0 aromatic heterocycles. The monoisotopic (exact) mass is 447 g/mol. The molecular formula is C26H25NO6. The van der Waals surface area contributed by atoms with Crippen LogP contribution in [-0.4, -0.2) is 46.1 Å². The number of phenols is 2. The molecule has 7 heteroatoms. The van der Waals surface area contributed by atoms with Crippen molar-refractivity contribution in [2.24, 2.45) is 0 Å². The second-order valence-electron chi connectivity index (χ2n) is 8.39. The maximum atomic E-state index is 13.0. The summed E-state index contributed by atoms with van der Waals surface area (Å²) in [4.78, 5) is 25.9. The Balaban J connectivity index is 1.50. The average Bonchev–Trinajstić information content (AvgIpc) is 2.74. The Hall–Kier alpha value is -3.84. The first-order valence-electron chi connectivity index (χ1n) is 10.6. The van der Waals surface area contributed by atoms with Crippen LogP contribution in [0, 0.1) is 20.8 Å². The molecule has 0 radical (unpaired) electrons. The zero-order valence-electron chi connectivity index (χ0n) is 18.6. The van der Waals surface area contributed by atoms with E-state index in [-0.39, 0.29) is 46.9 Å². The van der Waals surface area contributed by atoms with Crippen molar-refractivity contribution in [2.75, 3.05) is 18.5 Å². The minimum atomic E-state index is -0.860. The van der Waals surface area contributed by atoms with Gasteiger partial charge in [0.2, 0.25) is 5.78 Å². The number of ketones is 2. The summed E-state index contributed by atoms with van der Waals surface area (Å²) in [5, 5.41) is 34.1. The molecule has 0 fully saturated rings. The quantitative estimate of drug-likeness (QED) is 0.357. The van der Waals surface area contributed by atoms with Crippen molar-refractivity contribution in [3.63, 3.8) is 0 Å². The van der Waals surface area contributed by atoms with E-state index in [1.807, 2.05) is 32.0 Å². The van der Waals surface area contributed by atoms with Gasteiger partial charge in [0.15, 0.2) is 5.78 Å². The number of anilines is 1. The van der Waals surface area contributed by atoms with Gasteiger partial charge in [-0.2, -0.15) is 0 Å². The maximum Gasteiger partial charge on any atom is 0.201 e. The van der Waals surface area contributed by atoms with E-state index in [2.05, 4.69) is 5.32 Å². The average molecular weight is 447 g/mol. The predicted octanol–water partition coefficient (Wildman–Crippen LogP) is 3.65. The number of nitrogens with one attached hydrogen (secondary N) is 1. The molecule has 3 aromatic rings. The number of ether oxygens (including phenoxy) is 1. The Morgan fingerprint density at radius 3 is 2.21 bits per heavy atom. The van der Waals surface area contributed by atoms with E-state index in [1.54, 1.807) is 6.92 Å². The smallest absolute Gasteiger partial charge is 0.201 e. The molecule has 0 saturated heterocycles. The van der Waals surface area contributed by atoms with Crippen molar-refractivity contribution in [1.29, 1.82) is 0 Å². The van der Waals surface area contributed by atoms with E-state index in [0.717, 1.165) is 16.8 Å². The van der Waals surface area contributed by atoms with E-state index in [4.69, 9.17) is 4.74 Å². The van der Waals surface area contributed by atoms with Gasteiger partial charge in [-0.15, -0.1) is 0 Å². The fraction of sp³-hybridized carbons (Fsp3) is 0.231. The number of benzene rings is 3. The minimum absolute atomic E-state index is 0.00426. The highest BCUT2D eigenvalue weighted by atomic mass is 16.5. The molecule has 1 aliphatic rings. The lowest BCUT2D eigenvalue weighted by atomic mass is 9.82. The van der Waals surface area contributed by atoms with Crippen LogP contribution in [0.25, 0.3) is 0 Å². The van der Waals surface area contributed by atoms with Crippen LogP contribution >= 0.6 is 0 Å². The lowest BCUT2D eigenvalue weighted by Crippen LogP contribution is -2.27. The van der Waals surface area contributed by atoms with E-state index in [1.165, 1.54) is 24.3 Å². The predicted molar refractivity (Wildman–Crippen MR) is 124 cm³/mol. The zero-order chi connectivity index (χ0) is 23.9. The number of hydrogen-bond donors (Lipinski definition) is 4. The molecule has 1 aliphatic carbocycles. The fourth-order valence-corrected chi connectivity index (χ4v) is 4.05. The number of aryl methyl sites for hydroxylation is 3. The van der Waals surface area contributed by atoms with Gasteiger partial charge in [0, 0.05) is 29.4 Å². The van der Waals surface area contributed by atoms with Crippen molar-refractivity contribution in [3.05, 3.63) is 81.4 Å². The molecule has 0 aliphatic heterocycles. The second-order valence-corrected chi connectivity index (χ2v) is 8.39. The van der Waals surface area contributed by atoms with Gasteiger partial charge in [-0.25, -0.2) is 0 Å². The van der Waals surface area contributed by atoms with Crippen LogP contribution in [0.15, 0.2) is 42.5 Å². The van der Waals surface area contributed by atoms with Crippen LogP contribution in [-0.2, 0) is 0 Å². The SMILES string of the molecule is Cc1ccc(NC[C@H](O)COc2cc(O)c3c(c2)C(=O)c2cc(C)cc(O)c2C3=O)c(C)c1. The minimum Gasteiger partial charge on any atom is -0.507 e. The number of carbonyl (C=O) groups is 2. The molecule has 0 saturated carbocycles. The Bertz CT molecular complexity index is 1280. The van der Waals surface area contributed by atoms with Gasteiger partial charge in [-0.1, -0.05) is 17.7 Å². The van der Waals surface area contributed by atoms with Crippen LogP contribution in [0.5, 0.6) is 17.2 Å². The molecule has 0 unspecified atom stereocenters. The molecule has 33 heavy (non-hydrogen) atoms. The number of aliphatic hydroxyl groups is 1. The van der Waals surface area contributed by atoms with Crippen LogP contribution in [0.4, 0.5) is 5.69 Å².